The van der Waals surface area contributed by atoms with E-state index in [1.165, 1.54) is 0 Å². The molecular formula is C9H21N3O3. The van der Waals surface area contributed by atoms with E-state index in [1.807, 2.05) is 0 Å². The molecule has 0 radical (unpaired) electrons. The van der Waals surface area contributed by atoms with E-state index in [2.05, 4.69) is 5.32 Å². The molecule has 0 rings (SSSR count). The molecule has 6 heteroatoms. The van der Waals surface area contributed by atoms with Crippen LogP contribution in [0.25, 0.3) is 0 Å². The van der Waals surface area contributed by atoms with Gasteiger partial charge in [-0.25, -0.2) is 0 Å². The molecule has 90 valence electrons. The minimum absolute atomic E-state index is 0.247. The average Bonchev–Trinajstić information content (AvgIpc) is 2.22. The minimum atomic E-state index is -0.957. The molecule has 0 heterocycles. The smallest absolute Gasteiger partial charge is 0.320 e. The van der Waals surface area contributed by atoms with E-state index in [4.69, 9.17) is 21.7 Å². The predicted octanol–water partition coefficient (Wildman–Crippen LogP) is -1.52. The highest BCUT2D eigenvalue weighted by atomic mass is 16.4. The highest BCUT2D eigenvalue weighted by molar-refractivity contribution is 5.72. The van der Waals surface area contributed by atoms with Gasteiger partial charge in [0.2, 0.25) is 0 Å². The predicted molar refractivity (Wildman–Crippen MR) is 57.4 cm³/mol. The van der Waals surface area contributed by atoms with Crippen molar-refractivity contribution in [1.82, 2.24) is 5.32 Å². The number of nitrogens with two attached hydrogens (primary N) is 2. The molecular weight excluding hydrogens is 198 g/mol. The summed E-state index contributed by atoms with van der Waals surface area (Å²) in [5.74, 6) is -0.957. The van der Waals surface area contributed by atoms with Gasteiger partial charge in [0.15, 0.2) is 0 Å². The Hall–Kier alpha value is -0.690. The molecule has 0 bridgehead atoms. The van der Waals surface area contributed by atoms with Crippen molar-refractivity contribution < 1.29 is 15.0 Å². The van der Waals surface area contributed by atoms with Crippen LogP contribution in [0.15, 0.2) is 0 Å². The summed E-state index contributed by atoms with van der Waals surface area (Å²) in [6.45, 7) is 1.46. The molecule has 0 amide bonds. The fourth-order valence-electron chi connectivity index (χ4n) is 1.09. The zero-order valence-corrected chi connectivity index (χ0v) is 8.85. The van der Waals surface area contributed by atoms with Crippen molar-refractivity contribution in [3.63, 3.8) is 0 Å². The zero-order valence-electron chi connectivity index (χ0n) is 8.85. The number of aliphatic hydroxyl groups is 1. The first kappa shape index (κ1) is 14.3. The lowest BCUT2D eigenvalue weighted by molar-refractivity contribution is -0.138. The van der Waals surface area contributed by atoms with Crippen LogP contribution in [0, 0.1) is 0 Å². The number of aliphatic hydroxyl groups excluding tert-OH is 1. The van der Waals surface area contributed by atoms with Crippen LogP contribution >= 0.6 is 0 Å². The second-order valence-corrected chi connectivity index (χ2v) is 3.53. The summed E-state index contributed by atoms with van der Waals surface area (Å²) in [5, 5.41) is 20.6. The van der Waals surface area contributed by atoms with Gasteiger partial charge in [-0.15, -0.1) is 0 Å². The molecule has 15 heavy (non-hydrogen) atoms. The van der Waals surface area contributed by atoms with E-state index in [1.54, 1.807) is 0 Å². The number of aliphatic carboxylic acids is 1. The van der Waals surface area contributed by atoms with Crippen LogP contribution in [-0.4, -0.2) is 48.0 Å². The van der Waals surface area contributed by atoms with Gasteiger partial charge in [-0.1, -0.05) is 6.42 Å². The third-order valence-electron chi connectivity index (χ3n) is 2.09. The van der Waals surface area contributed by atoms with Gasteiger partial charge < -0.3 is 27.0 Å². The Bertz CT molecular complexity index is 178. The first-order chi connectivity index (χ1) is 7.07. The van der Waals surface area contributed by atoms with Gasteiger partial charge in [0.25, 0.3) is 0 Å². The number of unbranched alkanes of at least 4 members (excludes halogenated alkanes) is 1. The molecule has 6 nitrogen and oxygen atoms in total. The van der Waals surface area contributed by atoms with Gasteiger partial charge in [-0.2, -0.15) is 0 Å². The van der Waals surface area contributed by atoms with Crippen LogP contribution in [0.4, 0.5) is 0 Å². The SMILES string of the molecule is NCC(O)CNCCCCC(N)C(=O)O. The monoisotopic (exact) mass is 219 g/mol. The zero-order chi connectivity index (χ0) is 11.7. The maximum atomic E-state index is 10.4. The number of hydrogen-bond donors (Lipinski definition) is 5. The van der Waals surface area contributed by atoms with Gasteiger partial charge in [-0.3, -0.25) is 4.79 Å². The molecule has 0 aliphatic heterocycles. The molecule has 0 aromatic heterocycles. The molecule has 0 saturated heterocycles. The van der Waals surface area contributed by atoms with Crippen molar-refractivity contribution in [2.24, 2.45) is 11.5 Å². The molecule has 2 atom stereocenters. The molecule has 0 spiro atoms. The molecule has 0 saturated carbocycles. The number of nitrogens with one attached hydrogen (secondary N) is 1. The van der Waals surface area contributed by atoms with Crippen LogP contribution in [0.2, 0.25) is 0 Å². The summed E-state index contributed by atoms with van der Waals surface area (Å²) in [7, 11) is 0. The molecule has 0 aliphatic rings. The van der Waals surface area contributed by atoms with Crippen molar-refractivity contribution in [3.8, 4) is 0 Å². The standard InChI is InChI=1S/C9H21N3O3/c10-5-7(13)6-12-4-2-1-3-8(11)9(14)15/h7-8,12-13H,1-6,10-11H2,(H,14,15). The van der Waals surface area contributed by atoms with E-state index in [0.717, 1.165) is 19.4 Å². The Kier molecular flexibility index (Phi) is 8.21. The number of carbonyl (C=O) groups is 1. The fourth-order valence-corrected chi connectivity index (χ4v) is 1.09. The van der Waals surface area contributed by atoms with E-state index < -0.39 is 18.1 Å². The van der Waals surface area contributed by atoms with Crippen LogP contribution in [0.5, 0.6) is 0 Å². The van der Waals surface area contributed by atoms with Crippen LogP contribution in [0.1, 0.15) is 19.3 Å². The fraction of sp³-hybridized carbons (Fsp3) is 0.889. The van der Waals surface area contributed by atoms with Crippen molar-refractivity contribution in [3.05, 3.63) is 0 Å². The Morgan fingerprint density at radius 3 is 2.60 bits per heavy atom. The summed E-state index contributed by atoms with van der Waals surface area (Å²) >= 11 is 0. The number of carboxylic acid groups (broad SMARTS) is 1. The topological polar surface area (TPSA) is 122 Å². The lowest BCUT2D eigenvalue weighted by atomic mass is 10.1. The van der Waals surface area contributed by atoms with Gasteiger partial charge >= 0.3 is 5.97 Å². The normalized spacial score (nSPS) is 14.9. The summed E-state index contributed by atoms with van der Waals surface area (Å²) in [6, 6.07) is -0.764. The quantitative estimate of drug-likeness (QED) is 0.300. The van der Waals surface area contributed by atoms with E-state index in [9.17, 15) is 4.79 Å². The van der Waals surface area contributed by atoms with E-state index in [-0.39, 0.29) is 6.54 Å². The third kappa shape index (κ3) is 8.31. The van der Waals surface area contributed by atoms with E-state index >= 15 is 0 Å². The number of carboxylic acids is 1. The Morgan fingerprint density at radius 1 is 1.40 bits per heavy atom. The maximum Gasteiger partial charge on any atom is 0.320 e. The molecule has 0 fully saturated rings. The lowest BCUT2D eigenvalue weighted by Crippen LogP contribution is -2.33. The van der Waals surface area contributed by atoms with Gasteiger partial charge in [-0.05, 0) is 19.4 Å². The van der Waals surface area contributed by atoms with Crippen molar-refractivity contribution in [1.29, 1.82) is 0 Å². The lowest BCUT2D eigenvalue weighted by Gasteiger charge is -2.09. The average molecular weight is 219 g/mol. The largest absolute Gasteiger partial charge is 0.480 e. The second-order valence-electron chi connectivity index (χ2n) is 3.53. The van der Waals surface area contributed by atoms with Crippen LogP contribution in [0.3, 0.4) is 0 Å². The van der Waals surface area contributed by atoms with Crippen molar-refractivity contribution >= 4 is 5.97 Å². The third-order valence-corrected chi connectivity index (χ3v) is 2.09. The molecule has 7 N–H and O–H groups in total. The number of hydrogen-bond acceptors (Lipinski definition) is 5. The Balaban J connectivity index is 3.21. The second kappa shape index (κ2) is 8.60. The van der Waals surface area contributed by atoms with Gasteiger partial charge in [0, 0.05) is 13.1 Å². The summed E-state index contributed by atoms with van der Waals surface area (Å²) in [4.78, 5) is 10.4. The Morgan fingerprint density at radius 2 is 2.07 bits per heavy atom. The van der Waals surface area contributed by atoms with Crippen LogP contribution < -0.4 is 16.8 Å². The summed E-state index contributed by atoms with van der Waals surface area (Å²) < 4.78 is 0. The maximum absolute atomic E-state index is 10.4. The highest BCUT2D eigenvalue weighted by Crippen LogP contribution is 1.98. The van der Waals surface area contributed by atoms with Gasteiger partial charge in [0.1, 0.15) is 6.04 Å². The molecule has 0 aromatic carbocycles. The molecule has 0 aliphatic carbocycles. The highest BCUT2D eigenvalue weighted by Gasteiger charge is 2.09. The summed E-state index contributed by atoms with van der Waals surface area (Å²) in [5.41, 5.74) is 10.5. The first-order valence-electron chi connectivity index (χ1n) is 5.15. The first-order valence-corrected chi connectivity index (χ1v) is 5.15. The Labute approximate surface area is 89.6 Å². The van der Waals surface area contributed by atoms with Crippen LogP contribution in [-0.2, 0) is 4.79 Å². The van der Waals surface area contributed by atoms with Gasteiger partial charge in [0.05, 0.1) is 6.10 Å². The van der Waals surface area contributed by atoms with E-state index in [0.29, 0.717) is 13.0 Å². The number of rotatable bonds is 9. The summed E-state index contributed by atoms with van der Waals surface area (Å²) in [6.07, 6.45) is 1.58. The molecule has 0 aromatic rings. The van der Waals surface area contributed by atoms with Crippen molar-refractivity contribution in [2.75, 3.05) is 19.6 Å². The molecule has 2 unspecified atom stereocenters. The van der Waals surface area contributed by atoms with Crippen molar-refractivity contribution in [2.45, 2.75) is 31.4 Å². The minimum Gasteiger partial charge on any atom is -0.480 e.